The fourth-order valence-electron chi connectivity index (χ4n) is 3.10. The van der Waals surface area contributed by atoms with Crippen LogP contribution in [0.3, 0.4) is 0 Å². The van der Waals surface area contributed by atoms with Crippen LogP contribution in [0.4, 0.5) is 5.69 Å². The van der Waals surface area contributed by atoms with Crippen molar-refractivity contribution in [3.8, 4) is 0 Å². The molecule has 0 heterocycles. The number of rotatable bonds is 5. The quantitative estimate of drug-likeness (QED) is 0.469. The summed E-state index contributed by atoms with van der Waals surface area (Å²) >= 11 is 3.34. The Labute approximate surface area is 134 Å². The standard InChI is InChI=1S/C16H23BrN2O2/c1-12(14-6-4-2-3-5-7-14)18-11-13-8-15(17)10-16(9-13)19(20)21/h8-10,12,14,18H,2-7,11H2,1H3/t12-/m0/s1. The Morgan fingerprint density at radius 1 is 1.29 bits per heavy atom. The number of hydrogen-bond donors (Lipinski definition) is 1. The molecule has 1 atom stereocenters. The lowest BCUT2D eigenvalue weighted by Crippen LogP contribution is -2.32. The van der Waals surface area contributed by atoms with Crippen molar-refractivity contribution in [1.29, 1.82) is 0 Å². The number of nitrogens with one attached hydrogen (secondary N) is 1. The van der Waals surface area contributed by atoms with Crippen molar-refractivity contribution in [3.05, 3.63) is 38.3 Å². The summed E-state index contributed by atoms with van der Waals surface area (Å²) in [5.74, 6) is 0.731. The normalized spacial score (nSPS) is 18.2. The molecule has 0 aliphatic heterocycles. The van der Waals surface area contributed by atoms with Gasteiger partial charge in [-0.1, -0.05) is 41.6 Å². The SMILES string of the molecule is C[C@H](NCc1cc(Br)cc([N+](=O)[O-])c1)C1CCCCCC1. The van der Waals surface area contributed by atoms with Crippen molar-refractivity contribution in [2.75, 3.05) is 0 Å². The molecule has 21 heavy (non-hydrogen) atoms. The van der Waals surface area contributed by atoms with E-state index >= 15 is 0 Å². The monoisotopic (exact) mass is 354 g/mol. The lowest BCUT2D eigenvalue weighted by molar-refractivity contribution is -0.385. The number of hydrogen-bond acceptors (Lipinski definition) is 3. The first-order valence-electron chi connectivity index (χ1n) is 7.73. The zero-order valence-electron chi connectivity index (χ0n) is 12.5. The highest BCUT2D eigenvalue weighted by molar-refractivity contribution is 9.10. The Hall–Kier alpha value is -0.940. The maximum atomic E-state index is 10.9. The molecule has 0 unspecified atom stereocenters. The molecule has 1 aromatic rings. The number of nitrogens with zero attached hydrogens (tertiary/aromatic N) is 1. The van der Waals surface area contributed by atoms with E-state index in [1.165, 1.54) is 44.6 Å². The summed E-state index contributed by atoms with van der Waals surface area (Å²) in [5.41, 5.74) is 1.10. The van der Waals surface area contributed by atoms with Crippen molar-refractivity contribution < 1.29 is 4.92 Å². The molecule has 1 aliphatic carbocycles. The van der Waals surface area contributed by atoms with Crippen LogP contribution in [0, 0.1) is 16.0 Å². The molecule has 0 aromatic heterocycles. The van der Waals surface area contributed by atoms with E-state index in [9.17, 15) is 10.1 Å². The Morgan fingerprint density at radius 3 is 2.57 bits per heavy atom. The topological polar surface area (TPSA) is 55.2 Å². The largest absolute Gasteiger partial charge is 0.310 e. The predicted octanol–water partition coefficient (Wildman–Crippen LogP) is 4.81. The summed E-state index contributed by atoms with van der Waals surface area (Å²) < 4.78 is 0.760. The van der Waals surface area contributed by atoms with Gasteiger partial charge in [0, 0.05) is 29.2 Å². The highest BCUT2D eigenvalue weighted by Crippen LogP contribution is 2.26. The third-order valence-electron chi connectivity index (χ3n) is 4.39. The van der Waals surface area contributed by atoms with E-state index in [0.29, 0.717) is 12.6 Å². The van der Waals surface area contributed by atoms with Crippen LogP contribution in [0.1, 0.15) is 51.0 Å². The van der Waals surface area contributed by atoms with Gasteiger partial charge >= 0.3 is 0 Å². The molecule has 1 N–H and O–H groups in total. The Kier molecular flexibility index (Phi) is 6.18. The number of nitro benzene ring substituents is 1. The van der Waals surface area contributed by atoms with Crippen LogP contribution in [0.5, 0.6) is 0 Å². The van der Waals surface area contributed by atoms with E-state index in [1.54, 1.807) is 6.07 Å². The van der Waals surface area contributed by atoms with Gasteiger partial charge in [-0.25, -0.2) is 0 Å². The molecular formula is C16H23BrN2O2. The Bertz CT molecular complexity index is 485. The number of halogens is 1. The number of benzene rings is 1. The van der Waals surface area contributed by atoms with Gasteiger partial charge in [-0.05, 0) is 37.3 Å². The van der Waals surface area contributed by atoms with Crippen molar-refractivity contribution in [3.63, 3.8) is 0 Å². The van der Waals surface area contributed by atoms with Crippen LogP contribution >= 0.6 is 15.9 Å². The average molecular weight is 355 g/mol. The summed E-state index contributed by atoms with van der Waals surface area (Å²) in [6, 6.07) is 5.59. The highest BCUT2D eigenvalue weighted by atomic mass is 79.9. The summed E-state index contributed by atoms with van der Waals surface area (Å²) in [6.07, 6.45) is 7.99. The maximum Gasteiger partial charge on any atom is 0.270 e. The van der Waals surface area contributed by atoms with Gasteiger partial charge in [-0.2, -0.15) is 0 Å². The Morgan fingerprint density at radius 2 is 1.95 bits per heavy atom. The number of nitro groups is 1. The fraction of sp³-hybridized carbons (Fsp3) is 0.625. The second kappa shape index (κ2) is 7.90. The first kappa shape index (κ1) is 16.4. The molecule has 0 bridgehead atoms. The third-order valence-corrected chi connectivity index (χ3v) is 4.85. The van der Waals surface area contributed by atoms with Crippen LogP contribution < -0.4 is 5.32 Å². The molecule has 1 fully saturated rings. The zero-order chi connectivity index (χ0) is 15.2. The van der Waals surface area contributed by atoms with Gasteiger partial charge in [0.2, 0.25) is 0 Å². The molecule has 2 rings (SSSR count). The van der Waals surface area contributed by atoms with Gasteiger partial charge < -0.3 is 5.32 Å². The summed E-state index contributed by atoms with van der Waals surface area (Å²) in [5, 5.41) is 14.4. The van der Waals surface area contributed by atoms with Crippen LogP contribution in [-0.4, -0.2) is 11.0 Å². The van der Waals surface area contributed by atoms with Crippen molar-refractivity contribution in [1.82, 2.24) is 5.32 Å². The molecule has 0 amide bonds. The maximum absolute atomic E-state index is 10.9. The molecule has 1 aromatic carbocycles. The second-order valence-electron chi connectivity index (χ2n) is 6.00. The van der Waals surface area contributed by atoms with Gasteiger partial charge in [-0.3, -0.25) is 10.1 Å². The van der Waals surface area contributed by atoms with Crippen LogP contribution in [-0.2, 0) is 6.54 Å². The minimum Gasteiger partial charge on any atom is -0.310 e. The predicted molar refractivity (Wildman–Crippen MR) is 88.3 cm³/mol. The van der Waals surface area contributed by atoms with Crippen LogP contribution in [0.25, 0.3) is 0 Å². The van der Waals surface area contributed by atoms with Gasteiger partial charge in [0.05, 0.1) is 4.92 Å². The van der Waals surface area contributed by atoms with E-state index in [-0.39, 0.29) is 10.6 Å². The molecule has 0 saturated heterocycles. The molecule has 116 valence electrons. The van der Waals surface area contributed by atoms with Crippen molar-refractivity contribution >= 4 is 21.6 Å². The molecule has 5 heteroatoms. The van der Waals surface area contributed by atoms with Crippen LogP contribution in [0.15, 0.2) is 22.7 Å². The van der Waals surface area contributed by atoms with Gasteiger partial charge in [0.25, 0.3) is 5.69 Å². The van der Waals surface area contributed by atoms with E-state index in [4.69, 9.17) is 0 Å². The molecular weight excluding hydrogens is 332 g/mol. The summed E-state index contributed by atoms with van der Waals surface area (Å²) in [6.45, 7) is 2.92. The minimum atomic E-state index is -0.344. The van der Waals surface area contributed by atoms with E-state index in [2.05, 4.69) is 28.2 Å². The molecule has 0 spiro atoms. The fourth-order valence-corrected chi connectivity index (χ4v) is 3.63. The molecule has 4 nitrogen and oxygen atoms in total. The second-order valence-corrected chi connectivity index (χ2v) is 6.91. The lowest BCUT2D eigenvalue weighted by Gasteiger charge is -2.23. The minimum absolute atomic E-state index is 0.142. The Balaban J connectivity index is 1.94. The molecule has 0 radical (unpaired) electrons. The van der Waals surface area contributed by atoms with Crippen molar-refractivity contribution in [2.45, 2.75) is 58.0 Å². The van der Waals surface area contributed by atoms with Crippen molar-refractivity contribution in [2.24, 2.45) is 5.92 Å². The van der Waals surface area contributed by atoms with E-state index < -0.39 is 0 Å². The van der Waals surface area contributed by atoms with Crippen LogP contribution in [0.2, 0.25) is 0 Å². The number of non-ortho nitro benzene ring substituents is 1. The van der Waals surface area contributed by atoms with E-state index in [1.807, 2.05) is 6.07 Å². The third kappa shape index (κ3) is 5.08. The highest BCUT2D eigenvalue weighted by Gasteiger charge is 2.18. The van der Waals surface area contributed by atoms with Gasteiger partial charge in [0.15, 0.2) is 0 Å². The zero-order valence-corrected chi connectivity index (χ0v) is 14.1. The summed E-state index contributed by atoms with van der Waals surface area (Å²) in [4.78, 5) is 10.5. The smallest absolute Gasteiger partial charge is 0.270 e. The molecule has 1 aliphatic rings. The average Bonchev–Trinajstić information content (AvgIpc) is 2.73. The summed E-state index contributed by atoms with van der Waals surface area (Å²) in [7, 11) is 0. The van der Waals surface area contributed by atoms with Gasteiger partial charge in [-0.15, -0.1) is 0 Å². The first-order valence-corrected chi connectivity index (χ1v) is 8.53. The lowest BCUT2D eigenvalue weighted by atomic mass is 9.93. The van der Waals surface area contributed by atoms with Gasteiger partial charge in [0.1, 0.15) is 0 Å². The molecule has 1 saturated carbocycles. The first-order chi connectivity index (χ1) is 10.1. The van der Waals surface area contributed by atoms with E-state index in [0.717, 1.165) is 16.0 Å².